The first-order chi connectivity index (χ1) is 7.77. The Hall–Kier alpha value is -1.94. The molecule has 0 fully saturated rings. The van der Waals surface area contributed by atoms with Gasteiger partial charge in [0.2, 0.25) is 0 Å². The molecule has 0 amide bonds. The zero-order valence-corrected chi connectivity index (χ0v) is 8.74. The van der Waals surface area contributed by atoms with Crippen molar-refractivity contribution in [1.82, 2.24) is 9.97 Å². The molecule has 0 saturated heterocycles. The largest absolute Gasteiger partial charge is 0.398 e. The number of anilines is 1. The van der Waals surface area contributed by atoms with Gasteiger partial charge in [0.05, 0.1) is 6.10 Å². The maximum absolute atomic E-state index is 9.99. The minimum absolute atomic E-state index is 0.462. The summed E-state index contributed by atoms with van der Waals surface area (Å²) in [7, 11) is 0. The first-order valence-electron chi connectivity index (χ1n) is 5.03. The minimum Gasteiger partial charge on any atom is -0.398 e. The smallest absolute Gasteiger partial charge is 0.0832 e. The topological polar surface area (TPSA) is 72.0 Å². The summed E-state index contributed by atoms with van der Waals surface area (Å²) in [5.74, 6) is 0. The van der Waals surface area contributed by atoms with Gasteiger partial charge in [-0.2, -0.15) is 0 Å². The third-order valence-corrected chi connectivity index (χ3v) is 2.45. The summed E-state index contributed by atoms with van der Waals surface area (Å²) in [5, 5.41) is 9.99. The molecule has 4 nitrogen and oxygen atoms in total. The molecular weight excluding hydrogens is 202 g/mol. The molecule has 1 atom stereocenters. The Morgan fingerprint density at radius 2 is 1.81 bits per heavy atom. The monoisotopic (exact) mass is 215 g/mol. The molecule has 3 N–H and O–H groups in total. The van der Waals surface area contributed by atoms with Gasteiger partial charge in [-0.05, 0) is 29.3 Å². The number of rotatable bonds is 3. The number of nitrogens with two attached hydrogens (primary N) is 1. The summed E-state index contributed by atoms with van der Waals surface area (Å²) in [6.07, 6.45) is 6.52. The molecule has 2 aromatic heterocycles. The molecule has 16 heavy (non-hydrogen) atoms. The maximum atomic E-state index is 9.99. The molecule has 82 valence electrons. The highest BCUT2D eigenvalue weighted by molar-refractivity contribution is 5.44. The van der Waals surface area contributed by atoms with Crippen LogP contribution in [-0.4, -0.2) is 15.1 Å². The van der Waals surface area contributed by atoms with Crippen LogP contribution in [0.25, 0.3) is 0 Å². The van der Waals surface area contributed by atoms with Crippen LogP contribution in [0.2, 0.25) is 0 Å². The maximum Gasteiger partial charge on any atom is 0.0832 e. The van der Waals surface area contributed by atoms with Crippen LogP contribution in [0.15, 0.2) is 43.0 Å². The molecule has 2 heterocycles. The summed E-state index contributed by atoms with van der Waals surface area (Å²) in [6.45, 7) is 0. The van der Waals surface area contributed by atoms with Crippen molar-refractivity contribution >= 4 is 5.69 Å². The van der Waals surface area contributed by atoms with Crippen LogP contribution in [0.5, 0.6) is 0 Å². The van der Waals surface area contributed by atoms with E-state index in [1.165, 1.54) is 0 Å². The number of pyridine rings is 2. The first kappa shape index (κ1) is 10.6. The van der Waals surface area contributed by atoms with Crippen molar-refractivity contribution in [3.8, 4) is 0 Å². The zero-order valence-electron chi connectivity index (χ0n) is 8.74. The summed E-state index contributed by atoms with van der Waals surface area (Å²) < 4.78 is 0. The van der Waals surface area contributed by atoms with Crippen molar-refractivity contribution in [3.05, 3.63) is 54.1 Å². The Labute approximate surface area is 93.8 Å². The van der Waals surface area contributed by atoms with Gasteiger partial charge in [0.1, 0.15) is 0 Å². The predicted molar refractivity (Wildman–Crippen MR) is 61.6 cm³/mol. The number of hydrogen-bond acceptors (Lipinski definition) is 4. The second kappa shape index (κ2) is 4.72. The quantitative estimate of drug-likeness (QED) is 0.810. The van der Waals surface area contributed by atoms with E-state index in [0.29, 0.717) is 12.1 Å². The highest BCUT2D eigenvalue weighted by atomic mass is 16.3. The van der Waals surface area contributed by atoms with Gasteiger partial charge in [0, 0.05) is 36.9 Å². The number of aliphatic hydroxyl groups excluding tert-OH is 1. The normalized spacial score (nSPS) is 12.3. The van der Waals surface area contributed by atoms with E-state index in [4.69, 9.17) is 5.73 Å². The van der Waals surface area contributed by atoms with Gasteiger partial charge < -0.3 is 10.8 Å². The molecule has 0 saturated carbocycles. The van der Waals surface area contributed by atoms with Crippen LogP contribution in [0.3, 0.4) is 0 Å². The van der Waals surface area contributed by atoms with Gasteiger partial charge in [-0.25, -0.2) is 0 Å². The Bertz CT molecular complexity index is 459. The van der Waals surface area contributed by atoms with E-state index in [2.05, 4.69) is 9.97 Å². The van der Waals surface area contributed by atoms with Gasteiger partial charge >= 0.3 is 0 Å². The van der Waals surface area contributed by atoms with Crippen molar-refractivity contribution in [3.63, 3.8) is 0 Å². The average Bonchev–Trinajstić information content (AvgIpc) is 2.33. The molecular formula is C12H13N3O. The average molecular weight is 215 g/mol. The van der Waals surface area contributed by atoms with Crippen LogP contribution in [0.4, 0.5) is 5.69 Å². The Kier molecular flexibility index (Phi) is 3.12. The van der Waals surface area contributed by atoms with E-state index in [-0.39, 0.29) is 0 Å². The molecule has 0 radical (unpaired) electrons. The fourth-order valence-electron chi connectivity index (χ4n) is 1.52. The lowest BCUT2D eigenvalue weighted by Crippen LogP contribution is -2.04. The SMILES string of the molecule is Nc1ccncc1CC(O)c1ccncc1. The fourth-order valence-corrected chi connectivity index (χ4v) is 1.52. The van der Waals surface area contributed by atoms with E-state index < -0.39 is 6.10 Å². The molecule has 0 aliphatic carbocycles. The van der Waals surface area contributed by atoms with Crippen LogP contribution >= 0.6 is 0 Å². The van der Waals surface area contributed by atoms with Crippen molar-refractivity contribution < 1.29 is 5.11 Å². The zero-order chi connectivity index (χ0) is 11.4. The molecule has 0 bridgehead atoms. The van der Waals surface area contributed by atoms with Gasteiger partial charge in [-0.3, -0.25) is 9.97 Å². The number of hydrogen-bond donors (Lipinski definition) is 2. The predicted octanol–water partition coefficient (Wildman–Crippen LogP) is 1.33. The van der Waals surface area contributed by atoms with E-state index in [1.807, 2.05) is 0 Å². The van der Waals surface area contributed by atoms with Crippen LogP contribution in [0, 0.1) is 0 Å². The third kappa shape index (κ3) is 2.35. The number of aliphatic hydroxyl groups is 1. The van der Waals surface area contributed by atoms with Crippen molar-refractivity contribution in [1.29, 1.82) is 0 Å². The highest BCUT2D eigenvalue weighted by Gasteiger charge is 2.09. The second-order valence-corrected chi connectivity index (χ2v) is 3.57. The third-order valence-electron chi connectivity index (χ3n) is 2.45. The molecule has 0 aromatic carbocycles. The molecule has 1 unspecified atom stereocenters. The summed E-state index contributed by atoms with van der Waals surface area (Å²) in [6, 6.07) is 5.31. The Morgan fingerprint density at radius 3 is 2.50 bits per heavy atom. The lowest BCUT2D eigenvalue weighted by atomic mass is 10.0. The minimum atomic E-state index is -0.575. The Balaban J connectivity index is 2.14. The Morgan fingerprint density at radius 1 is 1.12 bits per heavy atom. The van der Waals surface area contributed by atoms with E-state index >= 15 is 0 Å². The van der Waals surface area contributed by atoms with Gasteiger partial charge in [0.25, 0.3) is 0 Å². The standard InChI is InChI=1S/C12H13N3O/c13-11-3-6-15-8-10(11)7-12(16)9-1-4-14-5-2-9/h1-6,8,12,16H,7H2,(H2,13,15). The molecule has 0 spiro atoms. The number of nitrogen functional groups attached to an aromatic ring is 1. The van der Waals surface area contributed by atoms with Crippen LogP contribution < -0.4 is 5.73 Å². The van der Waals surface area contributed by atoms with Crippen molar-refractivity contribution in [2.75, 3.05) is 5.73 Å². The van der Waals surface area contributed by atoms with Crippen molar-refractivity contribution in [2.24, 2.45) is 0 Å². The molecule has 2 aromatic rings. The summed E-state index contributed by atoms with van der Waals surface area (Å²) in [4.78, 5) is 7.89. The van der Waals surface area contributed by atoms with Gasteiger partial charge in [-0.1, -0.05) is 0 Å². The van der Waals surface area contributed by atoms with E-state index in [9.17, 15) is 5.11 Å². The molecule has 0 aliphatic rings. The van der Waals surface area contributed by atoms with Crippen LogP contribution in [-0.2, 0) is 6.42 Å². The lowest BCUT2D eigenvalue weighted by Gasteiger charge is -2.11. The fraction of sp³-hybridized carbons (Fsp3) is 0.167. The van der Waals surface area contributed by atoms with E-state index in [0.717, 1.165) is 11.1 Å². The van der Waals surface area contributed by atoms with Crippen LogP contribution in [0.1, 0.15) is 17.2 Å². The van der Waals surface area contributed by atoms with Gasteiger partial charge in [-0.15, -0.1) is 0 Å². The summed E-state index contributed by atoms with van der Waals surface area (Å²) >= 11 is 0. The lowest BCUT2D eigenvalue weighted by molar-refractivity contribution is 0.178. The molecule has 4 heteroatoms. The van der Waals surface area contributed by atoms with Crippen molar-refractivity contribution in [2.45, 2.75) is 12.5 Å². The number of aromatic nitrogens is 2. The van der Waals surface area contributed by atoms with Gasteiger partial charge in [0.15, 0.2) is 0 Å². The molecule has 0 aliphatic heterocycles. The molecule has 2 rings (SSSR count). The van der Waals surface area contributed by atoms with E-state index in [1.54, 1.807) is 43.0 Å². The number of nitrogens with zero attached hydrogens (tertiary/aromatic N) is 2. The second-order valence-electron chi connectivity index (χ2n) is 3.57. The summed E-state index contributed by atoms with van der Waals surface area (Å²) in [5.41, 5.74) is 8.12. The first-order valence-corrected chi connectivity index (χ1v) is 5.03. The highest BCUT2D eigenvalue weighted by Crippen LogP contribution is 2.20.